The van der Waals surface area contributed by atoms with Crippen LogP contribution >= 0.6 is 0 Å². The summed E-state index contributed by atoms with van der Waals surface area (Å²) in [5, 5.41) is 0. The van der Waals surface area contributed by atoms with Gasteiger partial charge in [-0.2, -0.15) is 0 Å². The van der Waals surface area contributed by atoms with Gasteiger partial charge in [-0.3, -0.25) is 0 Å². The molecule has 0 saturated heterocycles. The summed E-state index contributed by atoms with van der Waals surface area (Å²) in [5.41, 5.74) is 0. The molecule has 4 heterocycles. The van der Waals surface area contributed by atoms with Crippen molar-refractivity contribution in [2.75, 3.05) is 22.9 Å². The molecule has 0 aliphatic rings. The molecule has 0 spiro atoms. The number of anilines is 4. The van der Waals surface area contributed by atoms with Crippen LogP contribution in [0.1, 0.15) is 12.8 Å². The van der Waals surface area contributed by atoms with Crippen molar-refractivity contribution < 1.29 is 0 Å². The Morgan fingerprint density at radius 1 is 0.433 bits per heavy atom. The molecule has 0 aromatic carbocycles. The highest BCUT2D eigenvalue weighted by molar-refractivity contribution is 5.56. The van der Waals surface area contributed by atoms with Crippen molar-refractivity contribution in [2.45, 2.75) is 12.8 Å². The fraction of sp³-hybridized carbons (Fsp3) is 0.167. The Kier molecular flexibility index (Phi) is 6.58. The van der Waals surface area contributed by atoms with Gasteiger partial charge >= 0.3 is 0 Å². The molecule has 0 unspecified atom stereocenters. The Balaban J connectivity index is 1.45. The number of hydrogen-bond acceptors (Lipinski definition) is 6. The van der Waals surface area contributed by atoms with Crippen LogP contribution in [-0.4, -0.2) is 33.0 Å². The van der Waals surface area contributed by atoms with Gasteiger partial charge in [0.1, 0.15) is 23.3 Å². The summed E-state index contributed by atoms with van der Waals surface area (Å²) in [7, 11) is 0. The quantitative estimate of drug-likeness (QED) is 0.370. The highest BCUT2D eigenvalue weighted by Crippen LogP contribution is 2.23. The first-order chi connectivity index (χ1) is 14.9. The third-order valence-corrected chi connectivity index (χ3v) is 4.72. The minimum atomic E-state index is 0.826. The number of rotatable bonds is 9. The van der Waals surface area contributed by atoms with E-state index in [1.807, 2.05) is 97.6 Å². The predicted octanol–water partition coefficient (Wildman–Crippen LogP) is 5.02. The maximum absolute atomic E-state index is 4.52. The van der Waals surface area contributed by atoms with Gasteiger partial charge in [0.05, 0.1) is 0 Å². The number of nitrogens with zero attached hydrogens (tertiary/aromatic N) is 6. The first-order valence-electron chi connectivity index (χ1n) is 10.1. The largest absolute Gasteiger partial charge is 0.311 e. The van der Waals surface area contributed by atoms with Gasteiger partial charge in [-0.15, -0.1) is 0 Å². The molecule has 6 heteroatoms. The van der Waals surface area contributed by atoms with Crippen molar-refractivity contribution in [3.63, 3.8) is 0 Å². The Labute approximate surface area is 176 Å². The molecular weight excluding hydrogens is 372 g/mol. The SMILES string of the molecule is c1ccc(N(CCCCN(c2ccccn2)c2ccccn2)c2ccccn2)nc1. The summed E-state index contributed by atoms with van der Waals surface area (Å²) in [4.78, 5) is 22.4. The monoisotopic (exact) mass is 396 g/mol. The zero-order chi connectivity index (χ0) is 20.4. The maximum atomic E-state index is 4.52. The normalized spacial score (nSPS) is 10.5. The van der Waals surface area contributed by atoms with Gasteiger partial charge < -0.3 is 9.80 Å². The second-order valence-corrected chi connectivity index (χ2v) is 6.76. The van der Waals surface area contributed by atoms with Crippen molar-refractivity contribution in [1.82, 2.24) is 19.9 Å². The lowest BCUT2D eigenvalue weighted by atomic mass is 10.2. The van der Waals surface area contributed by atoms with Crippen molar-refractivity contribution >= 4 is 23.3 Å². The molecule has 30 heavy (non-hydrogen) atoms. The minimum absolute atomic E-state index is 0.826. The Morgan fingerprint density at radius 2 is 0.733 bits per heavy atom. The van der Waals surface area contributed by atoms with E-state index < -0.39 is 0 Å². The summed E-state index contributed by atoms with van der Waals surface area (Å²) in [6.45, 7) is 1.65. The average molecular weight is 396 g/mol. The van der Waals surface area contributed by atoms with E-state index in [0.29, 0.717) is 0 Å². The number of pyridine rings is 4. The van der Waals surface area contributed by atoms with Crippen LogP contribution in [0, 0.1) is 0 Å². The summed E-state index contributed by atoms with van der Waals surface area (Å²) >= 11 is 0. The van der Waals surface area contributed by atoms with Gasteiger partial charge in [0.25, 0.3) is 0 Å². The lowest BCUT2D eigenvalue weighted by molar-refractivity contribution is 0.717. The molecule has 0 saturated carbocycles. The third-order valence-electron chi connectivity index (χ3n) is 4.72. The first-order valence-corrected chi connectivity index (χ1v) is 10.1. The van der Waals surface area contributed by atoms with Crippen LogP contribution < -0.4 is 9.80 Å². The summed E-state index contributed by atoms with van der Waals surface area (Å²) in [5.74, 6) is 3.62. The lowest BCUT2D eigenvalue weighted by Crippen LogP contribution is -2.24. The molecule has 6 nitrogen and oxygen atoms in total. The fourth-order valence-electron chi connectivity index (χ4n) is 3.29. The van der Waals surface area contributed by atoms with Crippen molar-refractivity contribution in [1.29, 1.82) is 0 Å². The Bertz CT molecular complexity index is 833. The molecule has 4 aromatic rings. The van der Waals surface area contributed by atoms with E-state index in [4.69, 9.17) is 0 Å². The van der Waals surface area contributed by atoms with Crippen molar-refractivity contribution in [2.24, 2.45) is 0 Å². The molecule has 0 amide bonds. The summed E-state index contributed by atoms with van der Waals surface area (Å²) in [6, 6.07) is 23.8. The van der Waals surface area contributed by atoms with Crippen LogP contribution in [0.25, 0.3) is 0 Å². The smallest absolute Gasteiger partial charge is 0.134 e. The second kappa shape index (κ2) is 10.1. The van der Waals surface area contributed by atoms with Gasteiger partial charge in [-0.25, -0.2) is 19.9 Å². The minimum Gasteiger partial charge on any atom is -0.311 e. The van der Waals surface area contributed by atoms with Crippen LogP contribution in [0.3, 0.4) is 0 Å². The molecule has 0 aliphatic heterocycles. The van der Waals surface area contributed by atoms with Crippen molar-refractivity contribution in [3.05, 3.63) is 97.6 Å². The molecule has 0 aliphatic carbocycles. The van der Waals surface area contributed by atoms with E-state index in [0.717, 1.165) is 49.2 Å². The van der Waals surface area contributed by atoms with E-state index in [9.17, 15) is 0 Å². The molecule has 0 bridgehead atoms. The molecule has 0 N–H and O–H groups in total. The highest BCUT2D eigenvalue weighted by Gasteiger charge is 2.14. The molecule has 4 rings (SSSR count). The van der Waals surface area contributed by atoms with Crippen LogP contribution in [-0.2, 0) is 0 Å². The fourth-order valence-corrected chi connectivity index (χ4v) is 3.29. The van der Waals surface area contributed by atoms with Crippen LogP contribution in [0.15, 0.2) is 97.6 Å². The van der Waals surface area contributed by atoms with Crippen LogP contribution in [0.2, 0.25) is 0 Å². The highest BCUT2D eigenvalue weighted by atomic mass is 15.2. The number of hydrogen-bond donors (Lipinski definition) is 0. The van der Waals surface area contributed by atoms with E-state index in [1.54, 1.807) is 0 Å². The second-order valence-electron chi connectivity index (χ2n) is 6.76. The predicted molar refractivity (Wildman–Crippen MR) is 120 cm³/mol. The molecular formula is C24H24N6. The van der Waals surface area contributed by atoms with E-state index >= 15 is 0 Å². The zero-order valence-corrected chi connectivity index (χ0v) is 16.7. The molecule has 0 fully saturated rings. The van der Waals surface area contributed by atoms with Gasteiger partial charge in [-0.1, -0.05) is 24.3 Å². The topological polar surface area (TPSA) is 58.0 Å². The van der Waals surface area contributed by atoms with Gasteiger partial charge in [0.2, 0.25) is 0 Å². The third kappa shape index (κ3) is 4.97. The van der Waals surface area contributed by atoms with E-state index in [2.05, 4.69) is 29.7 Å². The molecule has 0 radical (unpaired) electrons. The van der Waals surface area contributed by atoms with Crippen LogP contribution in [0.4, 0.5) is 23.3 Å². The Morgan fingerprint density at radius 3 is 0.967 bits per heavy atom. The molecule has 4 aromatic heterocycles. The molecule has 150 valence electrons. The lowest BCUT2D eigenvalue weighted by Gasteiger charge is -2.25. The van der Waals surface area contributed by atoms with Crippen molar-refractivity contribution in [3.8, 4) is 0 Å². The molecule has 0 atom stereocenters. The maximum Gasteiger partial charge on any atom is 0.134 e. The standard InChI is InChI=1S/C24H24N6/c1-5-15-25-21(11-1)29(22-12-2-6-16-26-22)19-9-10-20-30(23-13-3-7-17-27-23)24-14-4-8-18-28-24/h1-8,11-18H,9-10,19-20H2. The number of unbranched alkanes of at least 4 members (excludes halogenated alkanes) is 1. The summed E-state index contributed by atoms with van der Waals surface area (Å²) < 4.78 is 0. The van der Waals surface area contributed by atoms with Gasteiger partial charge in [-0.05, 0) is 61.4 Å². The van der Waals surface area contributed by atoms with Crippen LogP contribution in [0.5, 0.6) is 0 Å². The van der Waals surface area contributed by atoms with Gasteiger partial charge in [0.15, 0.2) is 0 Å². The van der Waals surface area contributed by atoms with E-state index in [1.165, 1.54) is 0 Å². The zero-order valence-electron chi connectivity index (χ0n) is 16.7. The average Bonchev–Trinajstić information content (AvgIpc) is 2.84. The van der Waals surface area contributed by atoms with Gasteiger partial charge in [0, 0.05) is 37.9 Å². The summed E-state index contributed by atoms with van der Waals surface area (Å²) in [6.07, 6.45) is 9.21. The van der Waals surface area contributed by atoms with E-state index in [-0.39, 0.29) is 0 Å². The Hall–Kier alpha value is -3.80. The number of aromatic nitrogens is 4. The first kappa shape index (κ1) is 19.5.